The Morgan fingerprint density at radius 2 is 1.08 bits per heavy atom. The molecule has 0 aliphatic carbocycles. The van der Waals surface area contributed by atoms with Gasteiger partial charge in [0.2, 0.25) is 4.32 Å². The Kier molecular flexibility index (Phi) is 3.51. The van der Waals surface area contributed by atoms with Crippen molar-refractivity contribution in [2.75, 3.05) is 5.33 Å². The summed E-state index contributed by atoms with van der Waals surface area (Å²) in [5, 5.41) is -1.27. The summed E-state index contributed by atoms with van der Waals surface area (Å²) in [7, 11) is 0. The summed E-state index contributed by atoms with van der Waals surface area (Å²) in [6.45, 7) is 0. The number of hydrogen-bond donors (Lipinski definition) is 0. The Morgan fingerprint density at radius 1 is 0.833 bits per heavy atom. The molecule has 74 valence electrons. The lowest BCUT2D eigenvalue weighted by atomic mass is 10.1. The van der Waals surface area contributed by atoms with E-state index in [4.69, 9.17) is 0 Å². The van der Waals surface area contributed by atoms with Gasteiger partial charge >= 0.3 is 12.4 Å². The second kappa shape index (κ2) is 3.36. The molecular formula is C4H2Br2F6. The molecule has 0 aromatic carbocycles. The lowest BCUT2D eigenvalue weighted by Crippen LogP contribution is -2.53. The molecule has 0 aliphatic heterocycles. The highest BCUT2D eigenvalue weighted by Crippen LogP contribution is 2.50. The van der Waals surface area contributed by atoms with Crippen LogP contribution in [0.1, 0.15) is 0 Å². The van der Waals surface area contributed by atoms with Crippen LogP contribution in [-0.2, 0) is 0 Å². The first kappa shape index (κ1) is 12.5. The third kappa shape index (κ3) is 2.07. The molecule has 0 N–H and O–H groups in total. The van der Waals surface area contributed by atoms with Gasteiger partial charge in [-0.15, -0.1) is 0 Å². The standard InChI is InChI=1S/C4H2Br2F6/c5-1-2(6,3(7,8)9)4(10,11)12/h1H2. The highest BCUT2D eigenvalue weighted by molar-refractivity contribution is 9.12. The molecule has 0 radical (unpaired) electrons. The zero-order chi connectivity index (χ0) is 10.2. The summed E-state index contributed by atoms with van der Waals surface area (Å²) in [5.41, 5.74) is 0. The molecule has 8 heteroatoms. The van der Waals surface area contributed by atoms with E-state index in [1.807, 2.05) is 0 Å². The van der Waals surface area contributed by atoms with Crippen LogP contribution < -0.4 is 0 Å². The van der Waals surface area contributed by atoms with Gasteiger partial charge in [-0.2, -0.15) is 26.3 Å². The van der Waals surface area contributed by atoms with Crippen LogP contribution in [-0.4, -0.2) is 22.0 Å². The number of hydrogen-bond acceptors (Lipinski definition) is 0. The number of rotatable bonds is 1. The maximum Gasteiger partial charge on any atom is 0.413 e. The molecule has 0 amide bonds. The lowest BCUT2D eigenvalue weighted by Gasteiger charge is -2.29. The van der Waals surface area contributed by atoms with Crippen LogP contribution in [0.25, 0.3) is 0 Å². The van der Waals surface area contributed by atoms with Crippen LogP contribution >= 0.6 is 31.9 Å². The van der Waals surface area contributed by atoms with E-state index in [0.29, 0.717) is 0 Å². The van der Waals surface area contributed by atoms with Crippen molar-refractivity contribution in [2.45, 2.75) is 16.7 Å². The highest BCUT2D eigenvalue weighted by atomic mass is 79.9. The van der Waals surface area contributed by atoms with Crippen molar-refractivity contribution >= 4 is 31.9 Å². The topological polar surface area (TPSA) is 0 Å². The molecule has 12 heavy (non-hydrogen) atoms. The van der Waals surface area contributed by atoms with Crippen molar-refractivity contribution in [3.8, 4) is 0 Å². The number of halogens is 8. The molecular weight excluding hydrogens is 322 g/mol. The van der Waals surface area contributed by atoms with Gasteiger partial charge in [-0.1, -0.05) is 31.9 Å². The molecule has 0 aromatic rings. The predicted molar refractivity (Wildman–Crippen MR) is 37.6 cm³/mol. The van der Waals surface area contributed by atoms with Crippen LogP contribution in [0.4, 0.5) is 26.3 Å². The van der Waals surface area contributed by atoms with E-state index in [0.717, 1.165) is 0 Å². The summed E-state index contributed by atoms with van der Waals surface area (Å²) >= 11 is 3.79. The van der Waals surface area contributed by atoms with Gasteiger partial charge in [0.05, 0.1) is 0 Å². The van der Waals surface area contributed by atoms with Crippen LogP contribution in [0.3, 0.4) is 0 Å². The molecule has 0 saturated heterocycles. The normalized spacial score (nSPS) is 15.0. The Hall–Kier alpha value is 0.540. The van der Waals surface area contributed by atoms with E-state index in [-0.39, 0.29) is 0 Å². The molecule has 0 fully saturated rings. The average molecular weight is 324 g/mol. The fraction of sp³-hybridized carbons (Fsp3) is 1.00. The summed E-state index contributed by atoms with van der Waals surface area (Å²) in [5.74, 6) is 0. The second-order valence-electron chi connectivity index (χ2n) is 1.93. The fourth-order valence-electron chi connectivity index (χ4n) is 0.312. The predicted octanol–water partition coefficient (Wildman–Crippen LogP) is 3.64. The van der Waals surface area contributed by atoms with Gasteiger partial charge in [0.15, 0.2) is 0 Å². The van der Waals surface area contributed by atoms with E-state index in [2.05, 4.69) is 15.9 Å². The molecule has 0 bridgehead atoms. The third-order valence-electron chi connectivity index (χ3n) is 1.08. The Morgan fingerprint density at radius 3 is 1.08 bits per heavy atom. The fourth-order valence-corrected chi connectivity index (χ4v) is 0.948. The summed E-state index contributed by atoms with van der Waals surface area (Å²) in [6, 6.07) is 0. The molecule has 0 unspecified atom stereocenters. The maximum atomic E-state index is 11.8. The minimum Gasteiger partial charge on any atom is -0.169 e. The van der Waals surface area contributed by atoms with E-state index >= 15 is 0 Å². The van der Waals surface area contributed by atoms with Crippen molar-refractivity contribution in [2.24, 2.45) is 0 Å². The van der Waals surface area contributed by atoms with Gasteiger partial charge in [0.25, 0.3) is 0 Å². The summed E-state index contributed by atoms with van der Waals surface area (Å²) in [4.78, 5) is 0. The van der Waals surface area contributed by atoms with Crippen LogP contribution in [0.2, 0.25) is 0 Å². The lowest BCUT2D eigenvalue weighted by molar-refractivity contribution is -0.254. The van der Waals surface area contributed by atoms with Gasteiger partial charge in [-0.05, 0) is 0 Å². The number of alkyl halides is 8. The second-order valence-corrected chi connectivity index (χ2v) is 3.84. The van der Waals surface area contributed by atoms with Gasteiger partial charge in [0.1, 0.15) is 0 Å². The first-order chi connectivity index (χ1) is 5.06. The summed E-state index contributed by atoms with van der Waals surface area (Å²) in [6.07, 6.45) is -10.7. The van der Waals surface area contributed by atoms with E-state index < -0.39 is 22.0 Å². The smallest absolute Gasteiger partial charge is 0.169 e. The van der Waals surface area contributed by atoms with Gasteiger partial charge in [0, 0.05) is 5.33 Å². The molecule has 0 rings (SSSR count). The molecule has 0 atom stereocenters. The molecule has 0 nitrogen and oxygen atoms in total. The van der Waals surface area contributed by atoms with Gasteiger partial charge in [-0.25, -0.2) is 0 Å². The Labute approximate surface area is 80.6 Å². The molecule has 0 heterocycles. The molecule has 0 aliphatic rings. The van der Waals surface area contributed by atoms with Crippen LogP contribution in [0.15, 0.2) is 0 Å². The van der Waals surface area contributed by atoms with Crippen LogP contribution in [0.5, 0.6) is 0 Å². The SMILES string of the molecule is FC(F)(F)C(Br)(CBr)C(F)(F)F. The largest absolute Gasteiger partial charge is 0.413 e. The van der Waals surface area contributed by atoms with Crippen molar-refractivity contribution in [1.29, 1.82) is 0 Å². The minimum absolute atomic E-state index is 1.27. The molecule has 0 aromatic heterocycles. The van der Waals surface area contributed by atoms with Crippen molar-refractivity contribution in [3.63, 3.8) is 0 Å². The van der Waals surface area contributed by atoms with Gasteiger partial charge < -0.3 is 0 Å². The highest BCUT2D eigenvalue weighted by Gasteiger charge is 2.68. The van der Waals surface area contributed by atoms with Gasteiger partial charge in [-0.3, -0.25) is 0 Å². The van der Waals surface area contributed by atoms with E-state index in [1.165, 1.54) is 0 Å². The Balaban J connectivity index is 4.95. The zero-order valence-electron chi connectivity index (χ0n) is 5.23. The van der Waals surface area contributed by atoms with Crippen molar-refractivity contribution in [3.05, 3.63) is 0 Å². The third-order valence-corrected chi connectivity index (χ3v) is 3.86. The molecule has 0 saturated carbocycles. The van der Waals surface area contributed by atoms with E-state index in [9.17, 15) is 26.3 Å². The summed E-state index contributed by atoms with van der Waals surface area (Å²) < 4.78 is 67.0. The quantitative estimate of drug-likeness (QED) is 0.510. The van der Waals surface area contributed by atoms with E-state index in [1.54, 1.807) is 15.9 Å². The van der Waals surface area contributed by atoms with Crippen molar-refractivity contribution in [1.82, 2.24) is 0 Å². The molecule has 0 spiro atoms. The first-order valence-corrected chi connectivity index (χ1v) is 4.36. The zero-order valence-corrected chi connectivity index (χ0v) is 8.40. The average Bonchev–Trinajstić information content (AvgIpc) is 1.81. The van der Waals surface area contributed by atoms with Crippen LogP contribution in [0, 0.1) is 0 Å². The minimum atomic E-state index is -5.37. The Bertz CT molecular complexity index is 144. The first-order valence-electron chi connectivity index (χ1n) is 2.44. The monoisotopic (exact) mass is 322 g/mol. The van der Waals surface area contributed by atoms with Crippen molar-refractivity contribution < 1.29 is 26.3 Å². The maximum absolute atomic E-state index is 11.8.